The minimum atomic E-state index is -2.26. The zero-order valence-corrected chi connectivity index (χ0v) is 5.05. The third-order valence-electron chi connectivity index (χ3n) is 1.13. The second-order valence-electron chi connectivity index (χ2n) is 1.87. The Morgan fingerprint density at radius 2 is 1.70 bits per heavy atom. The molecular weight excluding hydrogens is 138 g/mol. The van der Waals surface area contributed by atoms with E-state index < -0.39 is 12.2 Å². The Morgan fingerprint density at radius 3 is 2.10 bits per heavy atom. The number of benzene rings is 1. The van der Waals surface area contributed by atoms with E-state index >= 15 is 0 Å². The number of halogens is 2. The van der Waals surface area contributed by atoms with Gasteiger partial charge in [-0.3, -0.25) is 0 Å². The number of hydrogen-bond donors (Lipinski definition) is 0. The SMILES string of the molecule is [O]C(F)c1ccc(F)cc1. The van der Waals surface area contributed by atoms with Gasteiger partial charge in [0.05, 0.1) is 0 Å². The van der Waals surface area contributed by atoms with E-state index in [9.17, 15) is 13.9 Å². The van der Waals surface area contributed by atoms with Crippen molar-refractivity contribution in [1.82, 2.24) is 0 Å². The molecule has 10 heavy (non-hydrogen) atoms. The molecule has 3 heteroatoms. The minimum absolute atomic E-state index is 0.0404. The molecule has 0 amide bonds. The van der Waals surface area contributed by atoms with Crippen LogP contribution in [0.5, 0.6) is 0 Å². The summed E-state index contributed by atoms with van der Waals surface area (Å²) >= 11 is 0. The topological polar surface area (TPSA) is 19.9 Å². The molecule has 0 spiro atoms. The molecule has 53 valence electrons. The maximum Gasteiger partial charge on any atom is 0.256 e. The van der Waals surface area contributed by atoms with Crippen molar-refractivity contribution in [1.29, 1.82) is 0 Å². The first-order valence-electron chi connectivity index (χ1n) is 2.75. The van der Waals surface area contributed by atoms with Crippen LogP contribution in [0.4, 0.5) is 8.78 Å². The molecule has 0 aliphatic carbocycles. The van der Waals surface area contributed by atoms with Crippen molar-refractivity contribution in [3.63, 3.8) is 0 Å². The van der Waals surface area contributed by atoms with Crippen molar-refractivity contribution in [2.45, 2.75) is 6.36 Å². The van der Waals surface area contributed by atoms with E-state index in [0.717, 1.165) is 24.3 Å². The minimum Gasteiger partial charge on any atom is -0.207 e. The first-order valence-corrected chi connectivity index (χ1v) is 2.75. The van der Waals surface area contributed by atoms with Crippen molar-refractivity contribution in [2.24, 2.45) is 0 Å². The summed E-state index contributed by atoms with van der Waals surface area (Å²) in [6, 6.07) is 4.37. The van der Waals surface area contributed by atoms with E-state index in [1.807, 2.05) is 0 Å². The second kappa shape index (κ2) is 2.75. The summed E-state index contributed by atoms with van der Waals surface area (Å²) in [7, 11) is 0. The first kappa shape index (κ1) is 7.15. The number of alkyl halides is 1. The van der Waals surface area contributed by atoms with Crippen molar-refractivity contribution in [2.75, 3.05) is 0 Å². The molecule has 1 rings (SSSR count). The highest BCUT2D eigenvalue weighted by molar-refractivity contribution is 5.16. The largest absolute Gasteiger partial charge is 0.256 e. The molecule has 0 saturated carbocycles. The smallest absolute Gasteiger partial charge is 0.207 e. The lowest BCUT2D eigenvalue weighted by molar-refractivity contribution is -0.0248. The van der Waals surface area contributed by atoms with Crippen LogP contribution in [0.25, 0.3) is 0 Å². The average molecular weight is 143 g/mol. The highest BCUT2D eigenvalue weighted by atomic mass is 19.1. The Morgan fingerprint density at radius 1 is 1.20 bits per heavy atom. The number of hydrogen-bond acceptors (Lipinski definition) is 0. The molecule has 1 radical (unpaired) electrons. The van der Waals surface area contributed by atoms with E-state index in [-0.39, 0.29) is 5.56 Å². The van der Waals surface area contributed by atoms with Gasteiger partial charge in [0.25, 0.3) is 6.36 Å². The van der Waals surface area contributed by atoms with E-state index in [1.165, 1.54) is 0 Å². The highest BCUT2D eigenvalue weighted by Gasteiger charge is 2.04. The summed E-state index contributed by atoms with van der Waals surface area (Å²) in [6.07, 6.45) is -2.26. The number of rotatable bonds is 1. The van der Waals surface area contributed by atoms with Crippen molar-refractivity contribution < 1.29 is 13.9 Å². The van der Waals surface area contributed by atoms with Gasteiger partial charge in [-0.25, -0.2) is 8.78 Å². The molecule has 1 unspecified atom stereocenters. The van der Waals surface area contributed by atoms with Crippen LogP contribution >= 0.6 is 0 Å². The molecule has 0 fully saturated rings. The van der Waals surface area contributed by atoms with E-state index in [4.69, 9.17) is 0 Å². The predicted molar refractivity (Wildman–Crippen MR) is 30.9 cm³/mol. The molecule has 0 heterocycles. The average Bonchev–Trinajstić information content (AvgIpc) is 1.88. The monoisotopic (exact) mass is 143 g/mol. The maximum absolute atomic E-state index is 12.1. The van der Waals surface area contributed by atoms with Gasteiger partial charge in [-0.05, 0) is 12.1 Å². The van der Waals surface area contributed by atoms with Gasteiger partial charge in [-0.2, -0.15) is 5.11 Å². The summed E-state index contributed by atoms with van der Waals surface area (Å²) in [5, 5.41) is 10.1. The Kier molecular flexibility index (Phi) is 1.97. The van der Waals surface area contributed by atoms with E-state index in [2.05, 4.69) is 0 Å². The Labute approximate surface area is 56.9 Å². The molecule has 0 N–H and O–H groups in total. The molecule has 0 aliphatic heterocycles. The van der Waals surface area contributed by atoms with Crippen LogP contribution in [0.2, 0.25) is 0 Å². The van der Waals surface area contributed by atoms with Crippen LogP contribution in [0.1, 0.15) is 11.9 Å². The lowest BCUT2D eigenvalue weighted by Gasteiger charge is -1.96. The Bertz CT molecular complexity index is 205. The standard InChI is InChI=1S/C7H5F2O/c8-6-3-1-5(2-4-6)7(9)10/h1-4,7H. The van der Waals surface area contributed by atoms with Gasteiger partial charge in [0, 0.05) is 5.56 Å². The summed E-state index contributed by atoms with van der Waals surface area (Å²) < 4.78 is 24.0. The van der Waals surface area contributed by atoms with E-state index in [1.54, 1.807) is 0 Å². The molecular formula is C7H5F2O. The molecule has 0 bridgehead atoms. The molecule has 1 atom stereocenters. The fourth-order valence-electron chi connectivity index (χ4n) is 0.614. The van der Waals surface area contributed by atoms with Gasteiger partial charge in [0.2, 0.25) is 0 Å². The summed E-state index contributed by atoms with van der Waals surface area (Å²) in [5.41, 5.74) is -0.0404. The van der Waals surface area contributed by atoms with Crippen LogP contribution in [0, 0.1) is 5.82 Å². The van der Waals surface area contributed by atoms with Crippen molar-refractivity contribution in [3.05, 3.63) is 35.6 Å². The van der Waals surface area contributed by atoms with Gasteiger partial charge in [-0.1, -0.05) is 12.1 Å². The Hall–Kier alpha value is -0.960. The predicted octanol–water partition coefficient (Wildman–Crippen LogP) is 2.22. The summed E-state index contributed by atoms with van der Waals surface area (Å²) in [6.45, 7) is 0. The zero-order chi connectivity index (χ0) is 7.56. The molecule has 0 saturated heterocycles. The molecule has 0 aromatic heterocycles. The van der Waals surface area contributed by atoms with Crippen LogP contribution in [0.3, 0.4) is 0 Å². The van der Waals surface area contributed by atoms with Crippen LogP contribution in [-0.4, -0.2) is 0 Å². The first-order chi connectivity index (χ1) is 4.70. The van der Waals surface area contributed by atoms with Gasteiger partial charge in [-0.15, -0.1) is 0 Å². The summed E-state index contributed by atoms with van der Waals surface area (Å²) in [5.74, 6) is -0.468. The summed E-state index contributed by atoms with van der Waals surface area (Å²) in [4.78, 5) is 0. The maximum atomic E-state index is 12.1. The quantitative estimate of drug-likeness (QED) is 0.574. The van der Waals surface area contributed by atoms with Crippen molar-refractivity contribution >= 4 is 0 Å². The second-order valence-corrected chi connectivity index (χ2v) is 1.87. The molecule has 0 aliphatic rings. The Balaban J connectivity index is 2.89. The van der Waals surface area contributed by atoms with Gasteiger partial charge < -0.3 is 0 Å². The highest BCUT2D eigenvalue weighted by Crippen LogP contribution is 2.13. The van der Waals surface area contributed by atoms with Crippen LogP contribution in [-0.2, 0) is 5.11 Å². The lowest BCUT2D eigenvalue weighted by atomic mass is 10.2. The third-order valence-corrected chi connectivity index (χ3v) is 1.13. The van der Waals surface area contributed by atoms with Gasteiger partial charge >= 0.3 is 0 Å². The third kappa shape index (κ3) is 1.51. The zero-order valence-electron chi connectivity index (χ0n) is 5.05. The molecule has 1 aromatic carbocycles. The van der Waals surface area contributed by atoms with E-state index in [0.29, 0.717) is 0 Å². The fourth-order valence-corrected chi connectivity index (χ4v) is 0.614. The van der Waals surface area contributed by atoms with Crippen LogP contribution < -0.4 is 0 Å². The lowest BCUT2D eigenvalue weighted by Crippen LogP contribution is -1.86. The fraction of sp³-hybridized carbons (Fsp3) is 0.143. The van der Waals surface area contributed by atoms with Gasteiger partial charge in [0.1, 0.15) is 5.82 Å². The van der Waals surface area contributed by atoms with Gasteiger partial charge in [0.15, 0.2) is 0 Å². The molecule has 1 nitrogen and oxygen atoms in total. The molecule has 1 aromatic rings. The normalized spacial score (nSPS) is 13.1. The van der Waals surface area contributed by atoms with Crippen LogP contribution in [0.15, 0.2) is 24.3 Å². The van der Waals surface area contributed by atoms with Crippen molar-refractivity contribution in [3.8, 4) is 0 Å².